The first-order chi connectivity index (χ1) is 35.0. The highest BCUT2D eigenvalue weighted by Gasteiger charge is 2.24. The molecule has 0 spiro atoms. The Bertz CT molecular complexity index is 1210. The minimum Gasteiger partial charge on any atom is -0.462 e. The van der Waals surface area contributed by atoms with Gasteiger partial charge < -0.3 is 20.3 Å². The Morgan fingerprint density at radius 3 is 1.10 bits per heavy atom. The van der Waals surface area contributed by atoms with E-state index in [9.17, 15) is 19.8 Å². The predicted molar refractivity (Wildman–Crippen MR) is 310 cm³/mol. The maximum atomic E-state index is 13.3. The second kappa shape index (κ2) is 58.7. The summed E-state index contributed by atoms with van der Waals surface area (Å²) < 4.78 is 5.98. The molecule has 3 unspecified atom stereocenters. The van der Waals surface area contributed by atoms with E-state index in [-0.39, 0.29) is 24.9 Å². The van der Waals surface area contributed by atoms with Gasteiger partial charge in [-0.15, -0.1) is 0 Å². The Kier molecular flexibility index (Phi) is 56.9. The summed E-state index contributed by atoms with van der Waals surface area (Å²) in [7, 11) is 0. The lowest BCUT2D eigenvalue weighted by molar-refractivity contribution is -0.151. The lowest BCUT2D eigenvalue weighted by Gasteiger charge is -2.24. The first-order valence-electron chi connectivity index (χ1n) is 31.4. The molecule has 3 atom stereocenters. The first kappa shape index (κ1) is 68.8. The number of allylic oxidation sites excluding steroid dienone is 8. The van der Waals surface area contributed by atoms with Crippen LogP contribution in [-0.2, 0) is 14.3 Å². The average molecular weight is 997 g/mol. The molecule has 416 valence electrons. The van der Waals surface area contributed by atoms with Gasteiger partial charge in [0.15, 0.2) is 0 Å². The van der Waals surface area contributed by atoms with Crippen molar-refractivity contribution in [2.24, 2.45) is 0 Å². The van der Waals surface area contributed by atoms with Crippen LogP contribution in [0.5, 0.6) is 0 Å². The molecule has 0 saturated carbocycles. The van der Waals surface area contributed by atoms with Gasteiger partial charge in [-0.3, -0.25) is 9.59 Å². The fourth-order valence-corrected chi connectivity index (χ4v) is 9.61. The number of unbranched alkanes of at least 4 members (excludes halogenated alkanes) is 37. The van der Waals surface area contributed by atoms with Crippen LogP contribution < -0.4 is 5.32 Å². The van der Waals surface area contributed by atoms with E-state index in [2.05, 4.69) is 74.7 Å². The van der Waals surface area contributed by atoms with E-state index < -0.39 is 18.2 Å². The molecular weight excluding hydrogens is 875 g/mol. The zero-order valence-electron chi connectivity index (χ0n) is 47.6. The summed E-state index contributed by atoms with van der Waals surface area (Å²) in [4.78, 5) is 26.4. The van der Waals surface area contributed by atoms with Crippen LogP contribution >= 0.6 is 0 Å². The van der Waals surface area contributed by atoms with E-state index >= 15 is 0 Å². The highest BCUT2D eigenvalue weighted by molar-refractivity contribution is 5.77. The molecule has 0 bridgehead atoms. The van der Waals surface area contributed by atoms with Crippen molar-refractivity contribution in [3.63, 3.8) is 0 Å². The van der Waals surface area contributed by atoms with Crippen molar-refractivity contribution in [2.75, 3.05) is 6.61 Å². The van der Waals surface area contributed by atoms with Gasteiger partial charge in [-0.25, -0.2) is 0 Å². The van der Waals surface area contributed by atoms with Crippen molar-refractivity contribution < 1.29 is 24.5 Å². The number of esters is 1. The van der Waals surface area contributed by atoms with Gasteiger partial charge in [0.1, 0.15) is 6.10 Å². The molecule has 1 amide bonds. The summed E-state index contributed by atoms with van der Waals surface area (Å²) in [6, 6.07) is -0.706. The maximum Gasteiger partial charge on any atom is 0.306 e. The van der Waals surface area contributed by atoms with Crippen LogP contribution in [0.1, 0.15) is 329 Å². The Balaban J connectivity index is 4.54. The normalized spacial score (nSPS) is 13.4. The van der Waals surface area contributed by atoms with E-state index in [1.165, 1.54) is 212 Å². The van der Waals surface area contributed by atoms with Gasteiger partial charge in [0.25, 0.3) is 0 Å². The fraction of sp³-hybridized carbons (Fsp3) is 0.846. The Morgan fingerprint density at radius 2 is 0.718 bits per heavy atom. The van der Waals surface area contributed by atoms with Gasteiger partial charge in [0, 0.05) is 6.42 Å². The molecular formula is C65H121NO5. The summed E-state index contributed by atoms with van der Waals surface area (Å²) in [5.74, 6) is -0.471. The minimum absolute atomic E-state index is 0.0724. The minimum atomic E-state index is -0.792. The molecule has 0 fully saturated rings. The molecule has 0 rings (SSSR count). The first-order valence-corrected chi connectivity index (χ1v) is 31.4. The summed E-state index contributed by atoms with van der Waals surface area (Å²) in [6.07, 6.45) is 73.2. The number of nitrogens with one attached hydrogen (secondary N) is 1. The van der Waals surface area contributed by atoms with E-state index in [1.54, 1.807) is 0 Å². The molecule has 0 aliphatic carbocycles. The van der Waals surface area contributed by atoms with Gasteiger partial charge in [0.05, 0.1) is 25.2 Å². The van der Waals surface area contributed by atoms with Crippen molar-refractivity contribution in [3.05, 3.63) is 48.6 Å². The van der Waals surface area contributed by atoms with Crippen molar-refractivity contribution >= 4 is 11.9 Å². The van der Waals surface area contributed by atoms with Gasteiger partial charge in [-0.05, 0) is 89.9 Å². The molecule has 0 heterocycles. The number of carbonyl (C=O) groups is 2. The topological polar surface area (TPSA) is 95.9 Å². The van der Waals surface area contributed by atoms with Crippen LogP contribution in [0.15, 0.2) is 48.6 Å². The largest absolute Gasteiger partial charge is 0.462 e. The Hall–Kier alpha value is -2.18. The van der Waals surface area contributed by atoms with Crippen molar-refractivity contribution in [3.8, 4) is 0 Å². The lowest BCUT2D eigenvalue weighted by atomic mass is 10.0. The number of ether oxygens (including phenoxy) is 1. The molecule has 0 aromatic rings. The molecule has 0 aromatic heterocycles. The monoisotopic (exact) mass is 996 g/mol. The van der Waals surface area contributed by atoms with Crippen LogP contribution in [0.3, 0.4) is 0 Å². The van der Waals surface area contributed by atoms with Crippen LogP contribution in [0.4, 0.5) is 0 Å². The number of aliphatic hydroxyl groups is 2. The van der Waals surface area contributed by atoms with Crippen molar-refractivity contribution in [1.29, 1.82) is 0 Å². The lowest BCUT2D eigenvalue weighted by Crippen LogP contribution is -2.46. The van der Waals surface area contributed by atoms with Gasteiger partial charge in [-0.2, -0.15) is 0 Å². The zero-order chi connectivity index (χ0) is 51.6. The number of hydrogen-bond acceptors (Lipinski definition) is 5. The smallest absolute Gasteiger partial charge is 0.306 e. The number of rotatable bonds is 57. The second-order valence-electron chi connectivity index (χ2n) is 21.5. The molecule has 6 nitrogen and oxygen atoms in total. The second-order valence-corrected chi connectivity index (χ2v) is 21.5. The summed E-state index contributed by atoms with van der Waals surface area (Å²) in [5.41, 5.74) is 0. The Labute approximate surface area is 442 Å². The van der Waals surface area contributed by atoms with Crippen LogP contribution in [0, 0.1) is 0 Å². The van der Waals surface area contributed by atoms with Crippen LogP contribution in [0.2, 0.25) is 0 Å². The van der Waals surface area contributed by atoms with Crippen molar-refractivity contribution in [2.45, 2.75) is 347 Å². The molecule has 0 saturated heterocycles. The molecule has 3 N–H and O–H groups in total. The average Bonchev–Trinajstić information content (AvgIpc) is 3.36. The number of amides is 1. The molecule has 0 aliphatic rings. The zero-order valence-corrected chi connectivity index (χ0v) is 47.6. The Morgan fingerprint density at radius 1 is 0.408 bits per heavy atom. The quantitative estimate of drug-likeness (QED) is 0.0321. The molecule has 0 aliphatic heterocycles. The molecule has 0 radical (unpaired) electrons. The third-order valence-electron chi connectivity index (χ3n) is 14.4. The predicted octanol–water partition coefficient (Wildman–Crippen LogP) is 19.7. The number of carbonyl (C=O) groups excluding carboxylic acids is 2. The van der Waals surface area contributed by atoms with Crippen LogP contribution in [0.25, 0.3) is 0 Å². The van der Waals surface area contributed by atoms with Crippen molar-refractivity contribution in [1.82, 2.24) is 5.32 Å². The van der Waals surface area contributed by atoms with Gasteiger partial charge >= 0.3 is 5.97 Å². The fourth-order valence-electron chi connectivity index (χ4n) is 9.61. The highest BCUT2D eigenvalue weighted by atomic mass is 16.5. The van der Waals surface area contributed by atoms with E-state index in [0.717, 1.165) is 70.6 Å². The van der Waals surface area contributed by atoms with E-state index in [4.69, 9.17) is 4.74 Å². The molecule has 71 heavy (non-hydrogen) atoms. The summed E-state index contributed by atoms with van der Waals surface area (Å²) >= 11 is 0. The molecule has 6 heteroatoms. The molecule has 0 aromatic carbocycles. The van der Waals surface area contributed by atoms with Crippen LogP contribution in [-0.4, -0.2) is 46.9 Å². The SMILES string of the molecule is CCCCC/C=C\C/C=C\CCCCCCCCCCCC(=O)OC(CCCCCCCCC/C=C\C/C=C\CCCCC)CC(=O)NC(CO)C(O)CCCCCCCCCCCCCCCCCC. The third-order valence-corrected chi connectivity index (χ3v) is 14.4. The summed E-state index contributed by atoms with van der Waals surface area (Å²) in [5, 5.41) is 24.0. The van der Waals surface area contributed by atoms with Gasteiger partial charge in [-0.1, -0.05) is 275 Å². The van der Waals surface area contributed by atoms with E-state index in [1.807, 2.05) is 0 Å². The maximum absolute atomic E-state index is 13.3. The van der Waals surface area contributed by atoms with Gasteiger partial charge in [0.2, 0.25) is 5.91 Å². The number of hydrogen-bond donors (Lipinski definition) is 3. The number of aliphatic hydroxyl groups excluding tert-OH is 2. The summed E-state index contributed by atoms with van der Waals surface area (Å²) in [6.45, 7) is 6.48. The standard InChI is InChI=1S/C65H121NO5/c1-4-7-10-13-16-19-22-25-28-31-32-34-37-40-43-46-49-52-55-58-65(70)71-61(56-53-50-47-44-41-38-35-33-29-26-23-20-17-14-11-8-5-2)59-64(69)66-62(60-67)63(68)57-54-51-48-45-42-39-36-30-27-24-21-18-15-12-9-6-3/h16-17,19-20,25-26,28-29,61-63,67-68H,4-15,18,21-24,27,30-60H2,1-3H3,(H,66,69)/b19-16-,20-17-,28-25-,29-26-. The van der Waals surface area contributed by atoms with E-state index in [0.29, 0.717) is 19.3 Å². The highest BCUT2D eigenvalue weighted by Crippen LogP contribution is 2.19. The third kappa shape index (κ3) is 53.9.